The van der Waals surface area contributed by atoms with E-state index in [9.17, 15) is 5.11 Å². The highest BCUT2D eigenvalue weighted by Crippen LogP contribution is 2.66. The standard InChI is InChI=1S/C26H45NO/c1-17(2)12-15-27-18(3)22-8-9-23-21-7-6-19-16-20(28)10-13-25(19,4)24(21)11-14-26(22,23)5/h6,17-18,20-24,27-28H,7-16H2,1-5H3/t18-,20?,21-,22+,23-,24-,25-,26+/m0/s1. The molecule has 2 heteroatoms. The summed E-state index contributed by atoms with van der Waals surface area (Å²) in [5.74, 6) is 4.29. The first-order chi connectivity index (χ1) is 13.3. The molecule has 2 nitrogen and oxygen atoms in total. The molecule has 0 amide bonds. The molecule has 4 aliphatic carbocycles. The highest BCUT2D eigenvalue weighted by molar-refractivity contribution is 5.25. The van der Waals surface area contributed by atoms with Gasteiger partial charge in [-0.1, -0.05) is 39.3 Å². The summed E-state index contributed by atoms with van der Waals surface area (Å²) in [6, 6.07) is 0.653. The van der Waals surface area contributed by atoms with Gasteiger partial charge >= 0.3 is 0 Å². The van der Waals surface area contributed by atoms with Crippen LogP contribution in [0.25, 0.3) is 0 Å². The van der Waals surface area contributed by atoms with Gasteiger partial charge in [-0.05, 0) is 112 Å². The number of fused-ring (bicyclic) bond motifs is 5. The predicted octanol–water partition coefficient (Wildman–Crippen LogP) is 5.95. The van der Waals surface area contributed by atoms with Crippen LogP contribution in [0, 0.1) is 40.4 Å². The lowest BCUT2D eigenvalue weighted by Crippen LogP contribution is -2.52. The summed E-state index contributed by atoms with van der Waals surface area (Å²) in [5.41, 5.74) is 2.51. The molecule has 0 aromatic carbocycles. The quantitative estimate of drug-likeness (QED) is 0.571. The summed E-state index contributed by atoms with van der Waals surface area (Å²) in [4.78, 5) is 0. The molecule has 0 aliphatic heterocycles. The summed E-state index contributed by atoms with van der Waals surface area (Å²) in [5, 5.41) is 14.1. The van der Waals surface area contributed by atoms with Crippen LogP contribution in [0.4, 0.5) is 0 Å². The molecule has 0 aromatic heterocycles. The Bertz CT molecular complexity index is 597. The van der Waals surface area contributed by atoms with Gasteiger partial charge in [-0.15, -0.1) is 0 Å². The number of rotatable bonds is 5. The Morgan fingerprint density at radius 2 is 1.86 bits per heavy atom. The minimum absolute atomic E-state index is 0.0849. The molecular weight excluding hydrogens is 342 g/mol. The molecule has 3 saturated carbocycles. The summed E-state index contributed by atoms with van der Waals surface area (Å²) < 4.78 is 0. The molecule has 8 atom stereocenters. The average Bonchev–Trinajstić information content (AvgIpc) is 2.99. The van der Waals surface area contributed by atoms with E-state index in [1.165, 1.54) is 51.5 Å². The Labute approximate surface area is 173 Å². The molecule has 0 spiro atoms. The number of aliphatic hydroxyl groups excluding tert-OH is 1. The second kappa shape index (κ2) is 7.73. The molecular formula is C26H45NO. The lowest BCUT2D eigenvalue weighted by Gasteiger charge is -2.58. The minimum atomic E-state index is -0.0849. The summed E-state index contributed by atoms with van der Waals surface area (Å²) in [7, 11) is 0. The second-order valence-corrected chi connectivity index (χ2v) is 11.8. The van der Waals surface area contributed by atoms with Gasteiger partial charge in [-0.25, -0.2) is 0 Å². The number of hydrogen-bond acceptors (Lipinski definition) is 2. The molecule has 1 unspecified atom stereocenters. The van der Waals surface area contributed by atoms with Gasteiger partial charge in [-0.3, -0.25) is 0 Å². The van der Waals surface area contributed by atoms with Crippen molar-refractivity contribution in [2.45, 2.75) is 105 Å². The Kier molecular flexibility index (Phi) is 5.77. The van der Waals surface area contributed by atoms with Crippen molar-refractivity contribution in [1.29, 1.82) is 0 Å². The Hall–Kier alpha value is -0.340. The first-order valence-corrected chi connectivity index (χ1v) is 12.4. The average molecular weight is 388 g/mol. The maximum Gasteiger partial charge on any atom is 0.0577 e. The molecule has 0 radical (unpaired) electrons. The fourth-order valence-electron chi connectivity index (χ4n) is 8.25. The van der Waals surface area contributed by atoms with Crippen molar-refractivity contribution in [3.8, 4) is 0 Å². The van der Waals surface area contributed by atoms with E-state index < -0.39 is 0 Å². The van der Waals surface area contributed by atoms with Gasteiger partial charge in [-0.2, -0.15) is 0 Å². The topological polar surface area (TPSA) is 32.3 Å². The fraction of sp³-hybridized carbons (Fsp3) is 0.923. The van der Waals surface area contributed by atoms with Crippen LogP contribution in [-0.2, 0) is 0 Å². The third-order valence-corrected chi connectivity index (χ3v) is 9.94. The van der Waals surface area contributed by atoms with Crippen LogP contribution >= 0.6 is 0 Å². The van der Waals surface area contributed by atoms with Gasteiger partial charge in [0.25, 0.3) is 0 Å². The molecule has 0 heterocycles. The maximum atomic E-state index is 10.2. The van der Waals surface area contributed by atoms with Gasteiger partial charge in [0, 0.05) is 6.04 Å². The maximum absolute atomic E-state index is 10.2. The van der Waals surface area contributed by atoms with Crippen molar-refractivity contribution in [2.75, 3.05) is 6.54 Å². The van der Waals surface area contributed by atoms with E-state index in [0.717, 1.165) is 42.4 Å². The second-order valence-electron chi connectivity index (χ2n) is 11.8. The van der Waals surface area contributed by atoms with Crippen molar-refractivity contribution >= 4 is 0 Å². The van der Waals surface area contributed by atoms with E-state index in [-0.39, 0.29) is 6.10 Å². The van der Waals surface area contributed by atoms with Crippen LogP contribution in [0.5, 0.6) is 0 Å². The smallest absolute Gasteiger partial charge is 0.0577 e. The predicted molar refractivity (Wildman–Crippen MR) is 118 cm³/mol. The molecule has 28 heavy (non-hydrogen) atoms. The molecule has 3 fully saturated rings. The van der Waals surface area contributed by atoms with E-state index in [1.807, 2.05) is 0 Å². The van der Waals surface area contributed by atoms with Crippen molar-refractivity contribution in [3.05, 3.63) is 11.6 Å². The summed E-state index contributed by atoms with van der Waals surface area (Å²) >= 11 is 0. The van der Waals surface area contributed by atoms with Gasteiger partial charge < -0.3 is 10.4 Å². The van der Waals surface area contributed by atoms with Crippen LogP contribution in [0.3, 0.4) is 0 Å². The number of allylic oxidation sites excluding steroid dienone is 1. The lowest BCUT2D eigenvalue weighted by atomic mass is 9.47. The molecule has 2 N–H and O–H groups in total. The minimum Gasteiger partial charge on any atom is -0.393 e. The highest BCUT2D eigenvalue weighted by atomic mass is 16.3. The van der Waals surface area contributed by atoms with Crippen molar-refractivity contribution in [1.82, 2.24) is 5.32 Å². The van der Waals surface area contributed by atoms with Gasteiger partial charge in [0.15, 0.2) is 0 Å². The third-order valence-electron chi connectivity index (χ3n) is 9.94. The Morgan fingerprint density at radius 1 is 1.07 bits per heavy atom. The zero-order chi connectivity index (χ0) is 20.1. The number of aliphatic hydroxyl groups is 1. The van der Waals surface area contributed by atoms with E-state index in [4.69, 9.17) is 0 Å². The Balaban J connectivity index is 1.49. The van der Waals surface area contributed by atoms with Crippen LogP contribution in [0.15, 0.2) is 11.6 Å². The SMILES string of the molecule is CC(C)CCN[C@@H](C)[C@H]1CC[C@H]2[C@@H]3CC=C4CC(O)CC[C@]4(C)[C@H]3CC[C@]12C. The lowest BCUT2D eigenvalue weighted by molar-refractivity contribution is -0.0535. The van der Waals surface area contributed by atoms with Gasteiger partial charge in [0.1, 0.15) is 0 Å². The molecule has 0 saturated heterocycles. The highest BCUT2D eigenvalue weighted by Gasteiger charge is 2.59. The van der Waals surface area contributed by atoms with E-state index >= 15 is 0 Å². The largest absolute Gasteiger partial charge is 0.393 e. The molecule has 4 rings (SSSR count). The first kappa shape index (κ1) is 20.9. The summed E-state index contributed by atoms with van der Waals surface area (Å²) in [6.07, 6.45) is 13.9. The fourth-order valence-corrected chi connectivity index (χ4v) is 8.25. The first-order valence-electron chi connectivity index (χ1n) is 12.4. The van der Waals surface area contributed by atoms with Crippen LogP contribution in [-0.4, -0.2) is 23.8 Å². The number of hydrogen-bond donors (Lipinski definition) is 2. The van der Waals surface area contributed by atoms with Crippen molar-refractivity contribution < 1.29 is 5.11 Å². The Morgan fingerprint density at radius 3 is 2.61 bits per heavy atom. The van der Waals surface area contributed by atoms with Crippen molar-refractivity contribution in [3.63, 3.8) is 0 Å². The van der Waals surface area contributed by atoms with Crippen molar-refractivity contribution in [2.24, 2.45) is 40.4 Å². The van der Waals surface area contributed by atoms with Gasteiger partial charge in [0.05, 0.1) is 6.10 Å². The number of nitrogens with one attached hydrogen (secondary N) is 1. The third kappa shape index (κ3) is 3.41. The monoisotopic (exact) mass is 387 g/mol. The van der Waals surface area contributed by atoms with E-state index in [1.54, 1.807) is 5.57 Å². The zero-order valence-electron chi connectivity index (χ0n) is 19.1. The normalized spacial score (nSPS) is 46.5. The summed E-state index contributed by atoms with van der Waals surface area (Å²) in [6.45, 7) is 13.5. The van der Waals surface area contributed by atoms with E-state index in [0.29, 0.717) is 16.9 Å². The van der Waals surface area contributed by atoms with Gasteiger partial charge in [0.2, 0.25) is 0 Å². The zero-order valence-corrected chi connectivity index (χ0v) is 19.1. The van der Waals surface area contributed by atoms with Crippen LogP contribution in [0.1, 0.15) is 92.4 Å². The molecule has 4 aliphatic rings. The van der Waals surface area contributed by atoms with Crippen LogP contribution < -0.4 is 5.32 Å². The van der Waals surface area contributed by atoms with E-state index in [2.05, 4.69) is 46.0 Å². The molecule has 0 aromatic rings. The van der Waals surface area contributed by atoms with Crippen LogP contribution in [0.2, 0.25) is 0 Å². The molecule has 0 bridgehead atoms. The molecule has 160 valence electrons.